The van der Waals surface area contributed by atoms with E-state index in [0.717, 1.165) is 32.5 Å². The van der Waals surface area contributed by atoms with Crippen LogP contribution in [0.5, 0.6) is 0 Å². The van der Waals surface area contributed by atoms with E-state index in [4.69, 9.17) is 0 Å². The molecule has 4 aliphatic rings. The van der Waals surface area contributed by atoms with Crippen LogP contribution in [0, 0.1) is 11.8 Å². The molecule has 2 bridgehead atoms. The largest absolute Gasteiger partial charge is 0.395 e. The molecule has 4 heterocycles. The Bertz CT molecular complexity index is 398. The molecule has 19 heavy (non-hydrogen) atoms. The van der Waals surface area contributed by atoms with E-state index in [2.05, 4.69) is 15.2 Å². The van der Waals surface area contributed by atoms with E-state index in [1.54, 1.807) is 0 Å². The lowest BCUT2D eigenvalue weighted by Gasteiger charge is -2.39. The van der Waals surface area contributed by atoms with E-state index in [-0.39, 0.29) is 12.5 Å². The second-order valence-corrected chi connectivity index (χ2v) is 5.63. The Morgan fingerprint density at radius 1 is 1.26 bits per heavy atom. The molecule has 0 amide bonds. The van der Waals surface area contributed by atoms with Gasteiger partial charge in [0, 0.05) is 25.3 Å². The molecule has 3 atom stereocenters. The molecule has 3 unspecified atom stereocenters. The summed E-state index contributed by atoms with van der Waals surface area (Å²) in [6.07, 6.45) is 0.725. The summed E-state index contributed by atoms with van der Waals surface area (Å²) >= 11 is 0. The highest BCUT2D eigenvalue weighted by Gasteiger charge is 2.40. The number of nitrogens with one attached hydrogen (secondary N) is 1. The highest BCUT2D eigenvalue weighted by molar-refractivity contribution is 5.61. The third-order valence-electron chi connectivity index (χ3n) is 4.26. The quantitative estimate of drug-likeness (QED) is 0.793. The summed E-state index contributed by atoms with van der Waals surface area (Å²) in [5.74, 6) is -0.331. The van der Waals surface area contributed by atoms with Gasteiger partial charge in [0.2, 0.25) is 0 Å². The molecule has 4 aliphatic heterocycles. The van der Waals surface area contributed by atoms with Gasteiger partial charge in [-0.05, 0) is 37.8 Å². The van der Waals surface area contributed by atoms with Gasteiger partial charge >= 0.3 is 6.18 Å². The summed E-state index contributed by atoms with van der Waals surface area (Å²) < 4.78 is 38.4. The third kappa shape index (κ3) is 2.63. The van der Waals surface area contributed by atoms with Crippen molar-refractivity contribution in [3.8, 4) is 0 Å². The van der Waals surface area contributed by atoms with E-state index < -0.39 is 12.1 Å². The van der Waals surface area contributed by atoms with Crippen LogP contribution in [0.2, 0.25) is 0 Å². The minimum absolute atomic E-state index is 0.0345. The normalized spacial score (nSPS) is 35.2. The predicted molar refractivity (Wildman–Crippen MR) is 66.8 cm³/mol. The van der Waals surface area contributed by atoms with Crippen LogP contribution in [-0.2, 0) is 0 Å². The van der Waals surface area contributed by atoms with Gasteiger partial charge in [0.1, 0.15) is 5.82 Å². The van der Waals surface area contributed by atoms with Crippen molar-refractivity contribution in [3.05, 3.63) is 11.9 Å². The van der Waals surface area contributed by atoms with Gasteiger partial charge in [-0.15, -0.1) is 0 Å². The zero-order valence-electron chi connectivity index (χ0n) is 10.7. The maximum atomic E-state index is 12.8. The van der Waals surface area contributed by atoms with Crippen molar-refractivity contribution >= 4 is 6.21 Å². The average molecular weight is 273 g/mol. The summed E-state index contributed by atoms with van der Waals surface area (Å²) in [6, 6.07) is 0.286. The molecule has 6 heteroatoms. The smallest absolute Gasteiger partial charge is 0.352 e. The molecule has 4 rings (SSSR count). The number of hydrogen-bond donors (Lipinski definition) is 1. The molecule has 0 aromatic rings. The Morgan fingerprint density at radius 3 is 2.89 bits per heavy atom. The van der Waals surface area contributed by atoms with Gasteiger partial charge in [0.15, 0.2) is 0 Å². The van der Waals surface area contributed by atoms with E-state index in [0.29, 0.717) is 11.7 Å². The lowest BCUT2D eigenvalue weighted by atomic mass is 9.94. The highest BCUT2D eigenvalue weighted by atomic mass is 19.4. The first-order valence-corrected chi connectivity index (χ1v) is 6.82. The van der Waals surface area contributed by atoms with Crippen LogP contribution in [0.1, 0.15) is 19.3 Å². The monoisotopic (exact) mass is 273 g/mol. The van der Waals surface area contributed by atoms with Crippen LogP contribution in [0.25, 0.3) is 0 Å². The molecule has 1 N–H and O–H groups in total. The highest BCUT2D eigenvalue weighted by Crippen LogP contribution is 2.35. The fourth-order valence-electron chi connectivity index (χ4n) is 3.16. The molecule has 0 spiro atoms. The van der Waals surface area contributed by atoms with Crippen LogP contribution in [0.3, 0.4) is 0 Å². The minimum atomic E-state index is -4.17. The number of allylic oxidation sites excluding steroid dienone is 1. The Hall–Kier alpha value is -1.04. The van der Waals surface area contributed by atoms with Gasteiger partial charge in [0.25, 0.3) is 0 Å². The molecule has 3 fully saturated rings. The third-order valence-corrected chi connectivity index (χ3v) is 4.26. The Kier molecular flexibility index (Phi) is 3.28. The Balaban J connectivity index is 1.81. The van der Waals surface area contributed by atoms with E-state index >= 15 is 0 Å². The number of rotatable bonds is 1. The molecular weight excluding hydrogens is 255 g/mol. The number of alkyl halides is 3. The van der Waals surface area contributed by atoms with Crippen molar-refractivity contribution in [3.63, 3.8) is 0 Å². The summed E-state index contributed by atoms with van der Waals surface area (Å²) in [6.45, 7) is 2.64. The summed E-state index contributed by atoms with van der Waals surface area (Å²) in [7, 11) is 0. The van der Waals surface area contributed by atoms with Gasteiger partial charge in [0.05, 0.1) is 5.92 Å². The molecule has 0 aromatic heterocycles. The summed E-state index contributed by atoms with van der Waals surface area (Å²) in [4.78, 5) is 6.28. The summed E-state index contributed by atoms with van der Waals surface area (Å²) in [5, 5.41) is 3.38. The maximum Gasteiger partial charge on any atom is 0.395 e. The average Bonchev–Trinajstić information content (AvgIpc) is 2.73. The molecule has 3 nitrogen and oxygen atoms in total. The van der Waals surface area contributed by atoms with Crippen molar-refractivity contribution < 1.29 is 13.2 Å². The van der Waals surface area contributed by atoms with Crippen molar-refractivity contribution in [1.82, 2.24) is 10.2 Å². The number of halogens is 3. The first kappa shape index (κ1) is 13.0. The number of aliphatic imine (C=N–C) groups is 1. The molecule has 0 aliphatic carbocycles. The molecule has 0 radical (unpaired) electrons. The fourth-order valence-corrected chi connectivity index (χ4v) is 3.16. The number of fused-ring (bicyclic) bond motifs is 4. The SMILES string of the molecule is FC(F)(F)C1C=C(N2CC3CCC2CNC3)N=CC1. The minimum Gasteiger partial charge on any atom is -0.352 e. The van der Waals surface area contributed by atoms with Crippen LogP contribution in [0.15, 0.2) is 16.9 Å². The maximum absolute atomic E-state index is 12.8. The first-order chi connectivity index (χ1) is 9.04. The summed E-state index contributed by atoms with van der Waals surface area (Å²) in [5.41, 5.74) is 0. The Morgan fingerprint density at radius 2 is 2.11 bits per heavy atom. The first-order valence-electron chi connectivity index (χ1n) is 6.82. The van der Waals surface area contributed by atoms with E-state index in [1.807, 2.05) is 0 Å². The zero-order chi connectivity index (χ0) is 13.5. The molecular formula is C13H18F3N3. The van der Waals surface area contributed by atoms with Crippen LogP contribution in [0.4, 0.5) is 13.2 Å². The molecule has 3 saturated heterocycles. The van der Waals surface area contributed by atoms with Crippen molar-refractivity contribution in [2.75, 3.05) is 19.6 Å². The number of nitrogens with zero attached hydrogens (tertiary/aromatic N) is 2. The molecule has 0 saturated carbocycles. The number of piperidine rings is 1. The van der Waals surface area contributed by atoms with Gasteiger partial charge in [-0.2, -0.15) is 13.2 Å². The molecule has 0 aromatic carbocycles. The van der Waals surface area contributed by atoms with Crippen LogP contribution >= 0.6 is 0 Å². The van der Waals surface area contributed by atoms with E-state index in [1.165, 1.54) is 12.3 Å². The van der Waals surface area contributed by atoms with Crippen molar-refractivity contribution in [2.45, 2.75) is 31.5 Å². The van der Waals surface area contributed by atoms with Crippen molar-refractivity contribution in [1.29, 1.82) is 0 Å². The predicted octanol–water partition coefficient (Wildman–Crippen LogP) is 2.16. The van der Waals surface area contributed by atoms with Crippen molar-refractivity contribution in [2.24, 2.45) is 16.8 Å². The second-order valence-electron chi connectivity index (χ2n) is 5.63. The van der Waals surface area contributed by atoms with Crippen LogP contribution in [-0.4, -0.2) is 43.0 Å². The Labute approximate surface area is 110 Å². The zero-order valence-corrected chi connectivity index (χ0v) is 10.7. The molecule has 106 valence electrons. The van der Waals surface area contributed by atoms with Crippen LogP contribution < -0.4 is 5.32 Å². The second kappa shape index (κ2) is 4.81. The van der Waals surface area contributed by atoms with Gasteiger partial charge in [-0.3, -0.25) is 0 Å². The van der Waals surface area contributed by atoms with Gasteiger partial charge in [-0.25, -0.2) is 4.99 Å². The topological polar surface area (TPSA) is 27.6 Å². The number of hydrogen-bond acceptors (Lipinski definition) is 3. The lowest BCUT2D eigenvalue weighted by molar-refractivity contribution is -0.159. The lowest BCUT2D eigenvalue weighted by Crippen LogP contribution is -2.43. The van der Waals surface area contributed by atoms with E-state index in [9.17, 15) is 13.2 Å². The standard InChI is InChI=1S/C13H18F3N3/c14-13(15,16)10-3-4-18-12(5-10)19-8-9-1-2-11(19)7-17-6-9/h4-5,9-11,17H,1-3,6-8H2. The fraction of sp³-hybridized carbons (Fsp3) is 0.769. The van der Waals surface area contributed by atoms with Gasteiger partial charge in [-0.1, -0.05) is 0 Å². The van der Waals surface area contributed by atoms with Gasteiger partial charge < -0.3 is 10.2 Å².